The van der Waals surface area contributed by atoms with Gasteiger partial charge in [-0.2, -0.15) is 0 Å². The Morgan fingerprint density at radius 1 is 0.382 bits per heavy atom. The quantitative estimate of drug-likeness (QED) is 0.0348. The Morgan fingerprint density at radius 3 is 1.04 bits per heavy atom. The van der Waals surface area contributed by atoms with Crippen molar-refractivity contribution in [1.29, 1.82) is 0 Å². The van der Waals surface area contributed by atoms with E-state index in [0.29, 0.717) is 19.3 Å². The summed E-state index contributed by atoms with van der Waals surface area (Å²) in [5.41, 5.74) is 0. The molecular weight excluding hydrogens is 685 g/mol. The Hall–Kier alpha value is -1.59. The molecule has 0 amide bonds. The summed E-state index contributed by atoms with van der Waals surface area (Å²) in [6.45, 7) is 11.3. The summed E-state index contributed by atoms with van der Waals surface area (Å²) in [4.78, 5) is 37.8. The molecule has 6 heteroatoms. The highest BCUT2D eigenvalue weighted by Crippen LogP contribution is 2.17. The molecule has 0 heterocycles. The molecule has 55 heavy (non-hydrogen) atoms. The van der Waals surface area contributed by atoms with E-state index in [-0.39, 0.29) is 31.1 Å². The van der Waals surface area contributed by atoms with E-state index >= 15 is 0 Å². The van der Waals surface area contributed by atoms with Crippen molar-refractivity contribution in [2.45, 2.75) is 272 Å². The van der Waals surface area contributed by atoms with Gasteiger partial charge in [-0.05, 0) is 31.1 Å². The molecule has 1 unspecified atom stereocenters. The van der Waals surface area contributed by atoms with Gasteiger partial charge >= 0.3 is 17.9 Å². The standard InChI is InChI=1S/C49H94O6/c1-6-8-9-10-11-12-13-14-15-19-24-29-34-39-47(50)53-42-46(43-54-48(51)40-35-30-26-21-22-27-32-37-44(3)4)55-49(52)41-36-31-25-20-17-16-18-23-28-33-38-45(5)7-2/h44-46H,6-43H2,1-5H3/t45?,46-/m0/s1. The van der Waals surface area contributed by atoms with Crippen LogP contribution in [-0.4, -0.2) is 37.2 Å². The zero-order chi connectivity index (χ0) is 40.5. The Balaban J connectivity index is 4.33. The predicted octanol–water partition coefficient (Wildman–Crippen LogP) is 15.4. The lowest BCUT2D eigenvalue weighted by molar-refractivity contribution is -0.167. The molecule has 0 aliphatic rings. The molecule has 0 spiro atoms. The minimum Gasteiger partial charge on any atom is -0.462 e. The number of carbonyl (C=O) groups excluding carboxylic acids is 3. The molecule has 0 fully saturated rings. The van der Waals surface area contributed by atoms with Gasteiger partial charge in [0, 0.05) is 19.3 Å². The molecular formula is C49H94O6. The highest BCUT2D eigenvalue weighted by molar-refractivity contribution is 5.71. The molecule has 0 aromatic carbocycles. The fourth-order valence-corrected chi connectivity index (χ4v) is 7.25. The second kappa shape index (κ2) is 42.0. The number of unbranched alkanes of at least 4 members (excludes halogenated alkanes) is 27. The number of hydrogen-bond acceptors (Lipinski definition) is 6. The fraction of sp³-hybridized carbons (Fsp3) is 0.939. The highest BCUT2D eigenvalue weighted by Gasteiger charge is 2.19. The van der Waals surface area contributed by atoms with Gasteiger partial charge in [0.15, 0.2) is 6.10 Å². The number of carbonyl (C=O) groups is 3. The van der Waals surface area contributed by atoms with Crippen molar-refractivity contribution in [2.75, 3.05) is 13.2 Å². The van der Waals surface area contributed by atoms with E-state index in [0.717, 1.165) is 69.6 Å². The first-order valence-electron chi connectivity index (χ1n) is 24.3. The van der Waals surface area contributed by atoms with E-state index in [2.05, 4.69) is 34.6 Å². The van der Waals surface area contributed by atoms with Gasteiger partial charge in [0.2, 0.25) is 0 Å². The SMILES string of the molecule is CCCCCCCCCCCCCCCC(=O)OC[C@@H](COC(=O)CCCCCCCCCC(C)C)OC(=O)CCCCCCCCCCCCC(C)CC. The van der Waals surface area contributed by atoms with Gasteiger partial charge in [-0.15, -0.1) is 0 Å². The summed E-state index contributed by atoms with van der Waals surface area (Å²) in [5.74, 6) is 0.793. The van der Waals surface area contributed by atoms with Crippen molar-refractivity contribution in [3.05, 3.63) is 0 Å². The van der Waals surface area contributed by atoms with Crippen molar-refractivity contribution < 1.29 is 28.6 Å². The number of esters is 3. The van der Waals surface area contributed by atoms with E-state index in [1.54, 1.807) is 0 Å². The average molecular weight is 779 g/mol. The van der Waals surface area contributed by atoms with Crippen LogP contribution in [0.2, 0.25) is 0 Å². The third kappa shape index (κ3) is 41.9. The van der Waals surface area contributed by atoms with Gasteiger partial charge in [0.25, 0.3) is 0 Å². The maximum Gasteiger partial charge on any atom is 0.306 e. The maximum atomic E-state index is 12.7. The lowest BCUT2D eigenvalue weighted by Gasteiger charge is -2.18. The minimum atomic E-state index is -0.761. The summed E-state index contributed by atoms with van der Waals surface area (Å²) < 4.78 is 16.7. The first kappa shape index (κ1) is 53.4. The monoisotopic (exact) mass is 779 g/mol. The first-order chi connectivity index (χ1) is 26.8. The molecule has 0 radical (unpaired) electrons. The second-order valence-electron chi connectivity index (χ2n) is 17.5. The summed E-state index contributed by atoms with van der Waals surface area (Å²) in [5, 5.41) is 0. The molecule has 0 aromatic heterocycles. The van der Waals surface area contributed by atoms with Gasteiger partial charge in [0.1, 0.15) is 13.2 Å². The van der Waals surface area contributed by atoms with Gasteiger partial charge < -0.3 is 14.2 Å². The molecule has 0 aliphatic heterocycles. The predicted molar refractivity (Wildman–Crippen MR) is 233 cm³/mol. The molecule has 0 saturated heterocycles. The van der Waals surface area contributed by atoms with Crippen LogP contribution >= 0.6 is 0 Å². The largest absolute Gasteiger partial charge is 0.462 e. The number of hydrogen-bond donors (Lipinski definition) is 0. The number of rotatable bonds is 43. The molecule has 0 aliphatic carbocycles. The van der Waals surface area contributed by atoms with Crippen LogP contribution in [0.25, 0.3) is 0 Å². The van der Waals surface area contributed by atoms with Crippen LogP contribution in [0.15, 0.2) is 0 Å². The zero-order valence-corrected chi connectivity index (χ0v) is 37.6. The van der Waals surface area contributed by atoms with Gasteiger partial charge in [0.05, 0.1) is 0 Å². The molecule has 326 valence electrons. The Morgan fingerprint density at radius 2 is 0.691 bits per heavy atom. The molecule has 0 N–H and O–H groups in total. The van der Waals surface area contributed by atoms with Gasteiger partial charge in [-0.25, -0.2) is 0 Å². The molecule has 0 saturated carbocycles. The lowest BCUT2D eigenvalue weighted by atomic mass is 9.99. The van der Waals surface area contributed by atoms with Crippen LogP contribution in [0.3, 0.4) is 0 Å². The van der Waals surface area contributed by atoms with Crippen LogP contribution in [-0.2, 0) is 28.6 Å². The first-order valence-corrected chi connectivity index (χ1v) is 24.3. The van der Waals surface area contributed by atoms with Gasteiger partial charge in [-0.1, -0.05) is 227 Å². The minimum absolute atomic E-state index is 0.0647. The summed E-state index contributed by atoms with van der Waals surface area (Å²) in [6, 6.07) is 0. The van der Waals surface area contributed by atoms with Crippen LogP contribution < -0.4 is 0 Å². The zero-order valence-electron chi connectivity index (χ0n) is 37.6. The Bertz CT molecular complexity index is 841. The number of ether oxygens (including phenoxy) is 3. The topological polar surface area (TPSA) is 78.9 Å². The van der Waals surface area contributed by atoms with Crippen molar-refractivity contribution >= 4 is 17.9 Å². The van der Waals surface area contributed by atoms with Crippen molar-refractivity contribution in [3.8, 4) is 0 Å². The van der Waals surface area contributed by atoms with Crippen LogP contribution in [0.4, 0.5) is 0 Å². The summed E-state index contributed by atoms with van der Waals surface area (Å²) in [7, 11) is 0. The summed E-state index contributed by atoms with van der Waals surface area (Å²) in [6.07, 6.45) is 40.8. The molecule has 0 bridgehead atoms. The lowest BCUT2D eigenvalue weighted by Crippen LogP contribution is -2.30. The van der Waals surface area contributed by atoms with Crippen molar-refractivity contribution in [3.63, 3.8) is 0 Å². The Kier molecular flexibility index (Phi) is 40.8. The van der Waals surface area contributed by atoms with Crippen molar-refractivity contribution in [2.24, 2.45) is 11.8 Å². The van der Waals surface area contributed by atoms with E-state index in [1.165, 1.54) is 154 Å². The van der Waals surface area contributed by atoms with Crippen LogP contribution in [0.5, 0.6) is 0 Å². The average Bonchev–Trinajstić information content (AvgIpc) is 3.17. The third-order valence-corrected chi connectivity index (χ3v) is 11.3. The molecule has 6 nitrogen and oxygen atoms in total. The van der Waals surface area contributed by atoms with Crippen LogP contribution in [0, 0.1) is 11.8 Å². The molecule has 2 atom stereocenters. The second-order valence-corrected chi connectivity index (χ2v) is 17.5. The van der Waals surface area contributed by atoms with E-state index < -0.39 is 6.10 Å². The van der Waals surface area contributed by atoms with E-state index in [1.807, 2.05) is 0 Å². The third-order valence-electron chi connectivity index (χ3n) is 11.3. The fourth-order valence-electron chi connectivity index (χ4n) is 7.25. The molecule has 0 rings (SSSR count). The molecule has 0 aromatic rings. The smallest absolute Gasteiger partial charge is 0.306 e. The van der Waals surface area contributed by atoms with Crippen molar-refractivity contribution in [1.82, 2.24) is 0 Å². The Labute approximate surface area is 342 Å². The normalized spacial score (nSPS) is 12.5. The van der Waals surface area contributed by atoms with E-state index in [4.69, 9.17) is 14.2 Å². The van der Waals surface area contributed by atoms with Gasteiger partial charge in [-0.3, -0.25) is 14.4 Å². The van der Waals surface area contributed by atoms with Crippen LogP contribution in [0.1, 0.15) is 266 Å². The highest BCUT2D eigenvalue weighted by atomic mass is 16.6. The maximum absolute atomic E-state index is 12.7. The summed E-state index contributed by atoms with van der Waals surface area (Å²) >= 11 is 0. The van der Waals surface area contributed by atoms with E-state index in [9.17, 15) is 14.4 Å².